The Kier molecular flexibility index (Phi) is 8.61. The molecule has 25 heavy (non-hydrogen) atoms. The van der Waals surface area contributed by atoms with Gasteiger partial charge in [-0.25, -0.2) is 4.79 Å². The standard InChI is InChI=1S/C18H25BrN2O4/c1-11(2)10-14(16(22)20-12(3)18(24)25-4)21-17(23)15(19)13-8-6-5-7-9-13/h5-9,11-12,14-15H,10H2,1-4H3,(H,20,22)(H,21,23)/t12-,14-,15?/m0/s1. The Morgan fingerprint density at radius 1 is 1.04 bits per heavy atom. The van der Waals surface area contributed by atoms with Crippen molar-refractivity contribution in [3.63, 3.8) is 0 Å². The molecule has 1 unspecified atom stereocenters. The number of alkyl halides is 1. The topological polar surface area (TPSA) is 84.5 Å². The number of rotatable bonds is 8. The number of benzene rings is 1. The molecule has 0 saturated carbocycles. The predicted molar refractivity (Wildman–Crippen MR) is 99.1 cm³/mol. The number of esters is 1. The van der Waals surface area contributed by atoms with Crippen molar-refractivity contribution in [3.05, 3.63) is 35.9 Å². The summed E-state index contributed by atoms with van der Waals surface area (Å²) >= 11 is 3.36. The van der Waals surface area contributed by atoms with Crippen molar-refractivity contribution in [3.8, 4) is 0 Å². The van der Waals surface area contributed by atoms with Gasteiger partial charge in [-0.05, 0) is 24.8 Å². The fourth-order valence-corrected chi connectivity index (χ4v) is 2.71. The molecule has 0 aromatic heterocycles. The van der Waals surface area contributed by atoms with E-state index in [0.717, 1.165) is 5.56 Å². The van der Waals surface area contributed by atoms with Crippen LogP contribution in [-0.4, -0.2) is 37.0 Å². The molecule has 0 radical (unpaired) electrons. The van der Waals surface area contributed by atoms with Gasteiger partial charge in [0.05, 0.1) is 7.11 Å². The number of hydrogen-bond acceptors (Lipinski definition) is 4. The Morgan fingerprint density at radius 3 is 2.16 bits per heavy atom. The van der Waals surface area contributed by atoms with Crippen LogP contribution in [0, 0.1) is 5.92 Å². The minimum absolute atomic E-state index is 0.190. The van der Waals surface area contributed by atoms with Gasteiger partial charge in [-0.15, -0.1) is 0 Å². The maximum atomic E-state index is 12.5. The number of methoxy groups -OCH3 is 1. The highest BCUT2D eigenvalue weighted by atomic mass is 79.9. The first kappa shape index (κ1) is 21.2. The third kappa shape index (κ3) is 6.86. The summed E-state index contributed by atoms with van der Waals surface area (Å²) in [5.74, 6) is -1.06. The SMILES string of the molecule is COC(=O)[C@H](C)NC(=O)[C@H](CC(C)C)NC(=O)C(Br)c1ccccc1. The quantitative estimate of drug-likeness (QED) is 0.506. The van der Waals surface area contributed by atoms with Crippen molar-refractivity contribution < 1.29 is 19.1 Å². The number of halogens is 1. The van der Waals surface area contributed by atoms with Gasteiger partial charge in [0.2, 0.25) is 11.8 Å². The van der Waals surface area contributed by atoms with Gasteiger partial charge < -0.3 is 15.4 Å². The molecule has 138 valence electrons. The molecule has 0 bridgehead atoms. The van der Waals surface area contributed by atoms with E-state index in [1.54, 1.807) is 0 Å². The van der Waals surface area contributed by atoms with E-state index in [4.69, 9.17) is 0 Å². The van der Waals surface area contributed by atoms with Crippen molar-refractivity contribution in [1.29, 1.82) is 0 Å². The summed E-state index contributed by atoms with van der Waals surface area (Å²) in [5, 5.41) is 5.34. The first-order chi connectivity index (χ1) is 11.8. The summed E-state index contributed by atoms with van der Waals surface area (Å²) in [6.07, 6.45) is 0.458. The van der Waals surface area contributed by atoms with E-state index in [0.29, 0.717) is 6.42 Å². The van der Waals surface area contributed by atoms with Crippen LogP contribution in [0.15, 0.2) is 30.3 Å². The second-order valence-electron chi connectivity index (χ2n) is 6.22. The zero-order valence-electron chi connectivity index (χ0n) is 14.9. The van der Waals surface area contributed by atoms with Crippen LogP contribution in [0.3, 0.4) is 0 Å². The van der Waals surface area contributed by atoms with Crippen molar-refractivity contribution in [2.24, 2.45) is 5.92 Å². The van der Waals surface area contributed by atoms with Gasteiger partial charge in [-0.1, -0.05) is 60.1 Å². The molecule has 0 heterocycles. The number of carbonyl (C=O) groups is 3. The third-order valence-electron chi connectivity index (χ3n) is 3.58. The summed E-state index contributed by atoms with van der Waals surface area (Å²) in [4.78, 5) is 35.9. The first-order valence-corrected chi connectivity index (χ1v) is 9.05. The van der Waals surface area contributed by atoms with Crippen LogP contribution in [0.2, 0.25) is 0 Å². The van der Waals surface area contributed by atoms with E-state index in [9.17, 15) is 14.4 Å². The lowest BCUT2D eigenvalue weighted by molar-refractivity contribution is -0.144. The maximum Gasteiger partial charge on any atom is 0.328 e. The molecule has 0 aliphatic carbocycles. The van der Waals surface area contributed by atoms with Crippen LogP contribution >= 0.6 is 15.9 Å². The number of nitrogens with one attached hydrogen (secondary N) is 2. The van der Waals surface area contributed by atoms with Crippen LogP contribution < -0.4 is 10.6 Å². The number of carbonyl (C=O) groups excluding carboxylic acids is 3. The van der Waals surface area contributed by atoms with E-state index in [-0.39, 0.29) is 11.8 Å². The van der Waals surface area contributed by atoms with Gasteiger partial charge in [0.15, 0.2) is 0 Å². The summed E-state index contributed by atoms with van der Waals surface area (Å²) in [5.41, 5.74) is 0.798. The zero-order chi connectivity index (χ0) is 19.0. The molecule has 3 atom stereocenters. The summed E-state index contributed by atoms with van der Waals surface area (Å²) < 4.78 is 4.60. The van der Waals surface area contributed by atoms with Crippen molar-refractivity contribution >= 4 is 33.7 Å². The summed E-state index contributed by atoms with van der Waals surface area (Å²) in [6.45, 7) is 5.45. The first-order valence-electron chi connectivity index (χ1n) is 8.13. The van der Waals surface area contributed by atoms with Crippen LogP contribution in [0.25, 0.3) is 0 Å². The Balaban J connectivity index is 2.79. The predicted octanol–water partition coefficient (Wildman–Crippen LogP) is 2.33. The Labute approximate surface area is 156 Å². The lowest BCUT2D eigenvalue weighted by atomic mass is 10.0. The molecular formula is C18H25BrN2O4. The second kappa shape index (κ2) is 10.2. The molecular weight excluding hydrogens is 388 g/mol. The molecule has 6 nitrogen and oxygen atoms in total. The van der Waals surface area contributed by atoms with E-state index in [2.05, 4.69) is 31.3 Å². The monoisotopic (exact) mass is 412 g/mol. The minimum Gasteiger partial charge on any atom is -0.467 e. The van der Waals surface area contributed by atoms with Crippen LogP contribution in [0.1, 0.15) is 37.6 Å². The summed E-state index contributed by atoms with van der Waals surface area (Å²) in [6, 6.07) is 7.69. The highest BCUT2D eigenvalue weighted by Gasteiger charge is 2.27. The van der Waals surface area contributed by atoms with Crippen LogP contribution in [-0.2, 0) is 19.1 Å². The summed E-state index contributed by atoms with van der Waals surface area (Å²) in [7, 11) is 1.26. The highest BCUT2D eigenvalue weighted by molar-refractivity contribution is 9.09. The number of hydrogen-bond donors (Lipinski definition) is 2. The largest absolute Gasteiger partial charge is 0.467 e. The van der Waals surface area contributed by atoms with E-state index < -0.39 is 28.8 Å². The van der Waals surface area contributed by atoms with E-state index >= 15 is 0 Å². The molecule has 7 heteroatoms. The van der Waals surface area contributed by atoms with Gasteiger partial charge in [0.25, 0.3) is 0 Å². The lowest BCUT2D eigenvalue weighted by Gasteiger charge is -2.23. The molecule has 1 aromatic rings. The Morgan fingerprint density at radius 2 is 1.64 bits per heavy atom. The molecule has 1 rings (SSSR count). The average Bonchev–Trinajstić information content (AvgIpc) is 2.59. The van der Waals surface area contributed by atoms with Gasteiger partial charge in [-0.2, -0.15) is 0 Å². The fraction of sp³-hybridized carbons (Fsp3) is 0.500. The molecule has 0 spiro atoms. The number of amides is 2. The fourth-order valence-electron chi connectivity index (χ4n) is 2.27. The third-order valence-corrected chi connectivity index (χ3v) is 4.52. The van der Waals surface area contributed by atoms with Gasteiger partial charge in [0, 0.05) is 0 Å². The Bertz CT molecular complexity index is 592. The molecule has 1 aromatic carbocycles. The van der Waals surface area contributed by atoms with Crippen LogP contribution in [0.4, 0.5) is 0 Å². The van der Waals surface area contributed by atoms with Gasteiger partial charge in [-0.3, -0.25) is 9.59 Å². The highest BCUT2D eigenvalue weighted by Crippen LogP contribution is 2.23. The maximum absolute atomic E-state index is 12.5. The van der Waals surface area contributed by atoms with E-state index in [1.807, 2.05) is 44.2 Å². The van der Waals surface area contributed by atoms with Crippen LogP contribution in [0.5, 0.6) is 0 Å². The Hall–Kier alpha value is -1.89. The van der Waals surface area contributed by atoms with E-state index in [1.165, 1.54) is 14.0 Å². The van der Waals surface area contributed by atoms with Crippen molar-refractivity contribution in [2.75, 3.05) is 7.11 Å². The normalized spacial score (nSPS) is 14.3. The average molecular weight is 413 g/mol. The molecule has 0 saturated heterocycles. The van der Waals surface area contributed by atoms with Crippen molar-refractivity contribution in [1.82, 2.24) is 10.6 Å². The molecule has 2 amide bonds. The molecule has 0 aliphatic heterocycles. The lowest BCUT2D eigenvalue weighted by Crippen LogP contribution is -2.51. The van der Waals surface area contributed by atoms with Crippen molar-refractivity contribution in [2.45, 2.75) is 44.1 Å². The smallest absolute Gasteiger partial charge is 0.328 e. The van der Waals surface area contributed by atoms with Gasteiger partial charge in [0.1, 0.15) is 16.9 Å². The second-order valence-corrected chi connectivity index (χ2v) is 7.13. The zero-order valence-corrected chi connectivity index (χ0v) is 16.5. The molecule has 0 aliphatic rings. The molecule has 2 N–H and O–H groups in total. The molecule has 0 fully saturated rings. The van der Waals surface area contributed by atoms with Gasteiger partial charge >= 0.3 is 5.97 Å². The minimum atomic E-state index is -0.780. The number of ether oxygens (including phenoxy) is 1.